The first-order valence-corrected chi connectivity index (χ1v) is 7.35. The number of hydrogen-bond donors (Lipinski definition) is 3. The number of carbonyl (C=O) groups is 1. The lowest BCUT2D eigenvalue weighted by molar-refractivity contribution is -0.512. The lowest BCUT2D eigenvalue weighted by Gasteiger charge is -2.10. The fourth-order valence-corrected chi connectivity index (χ4v) is 3.58. The summed E-state index contributed by atoms with van der Waals surface area (Å²) in [4.78, 5) is 16.3. The Hall–Kier alpha value is -3.55. The number of nitrogens with zero attached hydrogens (tertiary/aromatic N) is 4. The van der Waals surface area contributed by atoms with Gasteiger partial charge in [0, 0.05) is 5.56 Å². The molecule has 118 valence electrons. The first-order valence-electron chi connectivity index (χ1n) is 7.35. The zero-order valence-electron chi connectivity index (χ0n) is 12.7. The predicted octanol–water partition coefficient (Wildman–Crippen LogP) is 0.612. The van der Waals surface area contributed by atoms with Gasteiger partial charge >= 0.3 is 0 Å². The second-order valence-electron chi connectivity index (χ2n) is 5.88. The van der Waals surface area contributed by atoms with Gasteiger partial charge in [-0.05, 0) is 19.1 Å². The molecule has 5 rings (SSSR count). The van der Waals surface area contributed by atoms with Crippen LogP contribution in [0.15, 0.2) is 30.9 Å². The fraction of sp³-hybridized carbons (Fsp3) is 0.0625. The topological polar surface area (TPSA) is 115 Å². The Morgan fingerprint density at radius 2 is 2.12 bits per heavy atom. The Morgan fingerprint density at radius 1 is 1.33 bits per heavy atom. The maximum Gasteiger partial charge on any atom is 0.266 e. The van der Waals surface area contributed by atoms with Gasteiger partial charge in [0.15, 0.2) is 11.0 Å². The number of carbonyl (C=O) groups excluding carboxylic acids is 1. The van der Waals surface area contributed by atoms with Crippen molar-refractivity contribution in [3.8, 4) is 5.75 Å². The van der Waals surface area contributed by atoms with Crippen molar-refractivity contribution in [3.05, 3.63) is 42.0 Å². The molecule has 0 saturated carbocycles. The standard InChI is InChI=1S/C16H12N6O2/c1-7-9(23)3-2-8-12(7)22-13-11(10(14(22)17)15(18)24)19-6-20-4-5-21(8)16(13)20/h2-6,17H,1H3,(H3,18,23,24)/p+1. The number of phenolic OH excluding ortho intramolecular Hbond substituents is 1. The van der Waals surface area contributed by atoms with Gasteiger partial charge in [0.25, 0.3) is 11.6 Å². The molecule has 5 N–H and O–H groups in total. The van der Waals surface area contributed by atoms with Crippen LogP contribution in [0.2, 0.25) is 0 Å². The summed E-state index contributed by atoms with van der Waals surface area (Å²) < 4.78 is 5.59. The third kappa shape index (κ3) is 1.23. The van der Waals surface area contributed by atoms with Gasteiger partial charge in [-0.1, -0.05) is 0 Å². The van der Waals surface area contributed by atoms with Crippen molar-refractivity contribution in [1.29, 1.82) is 0 Å². The van der Waals surface area contributed by atoms with Crippen LogP contribution in [-0.4, -0.2) is 24.8 Å². The van der Waals surface area contributed by atoms with Crippen LogP contribution in [0, 0.1) is 6.92 Å². The van der Waals surface area contributed by atoms with Crippen molar-refractivity contribution in [2.75, 3.05) is 5.73 Å². The smallest absolute Gasteiger partial charge is 0.266 e. The molecule has 0 aliphatic rings. The number of primary amides is 1. The number of nitrogens with two attached hydrogens (primary N) is 2. The van der Waals surface area contributed by atoms with E-state index in [-0.39, 0.29) is 17.1 Å². The Labute approximate surface area is 134 Å². The van der Waals surface area contributed by atoms with Gasteiger partial charge in [-0.3, -0.25) is 9.20 Å². The number of aryl methyl sites for hydroxylation is 1. The van der Waals surface area contributed by atoms with E-state index < -0.39 is 5.91 Å². The number of rotatable bonds is 1. The first kappa shape index (κ1) is 12.9. The number of fused-ring (bicyclic) bond motifs is 3. The number of aromatic hydroxyl groups is 1. The van der Waals surface area contributed by atoms with Crippen LogP contribution in [-0.2, 0) is 0 Å². The van der Waals surface area contributed by atoms with Crippen molar-refractivity contribution in [1.82, 2.24) is 13.8 Å². The van der Waals surface area contributed by atoms with E-state index in [4.69, 9.17) is 11.5 Å². The van der Waals surface area contributed by atoms with Gasteiger partial charge in [-0.25, -0.2) is 8.80 Å². The van der Waals surface area contributed by atoms with Gasteiger partial charge in [0.1, 0.15) is 35.0 Å². The Morgan fingerprint density at radius 3 is 2.88 bits per heavy atom. The SMILES string of the molecule is Cc1c(O)ccc2c1n1c(N)c(C(N)=O)c3nc[n+]4ccn2c4c31. The predicted molar refractivity (Wildman–Crippen MR) is 87.3 cm³/mol. The molecule has 5 aromatic rings. The molecule has 1 amide bonds. The van der Waals surface area contributed by atoms with E-state index in [2.05, 4.69) is 4.98 Å². The second kappa shape index (κ2) is 3.85. The van der Waals surface area contributed by atoms with Crippen LogP contribution in [0.4, 0.5) is 5.82 Å². The number of phenols is 1. The molecule has 0 fully saturated rings. The summed E-state index contributed by atoms with van der Waals surface area (Å²) in [6.07, 6.45) is 5.40. The molecule has 1 aromatic carbocycles. The first-order chi connectivity index (χ1) is 11.5. The zero-order valence-corrected chi connectivity index (χ0v) is 12.7. The van der Waals surface area contributed by atoms with Crippen LogP contribution in [0.5, 0.6) is 5.75 Å². The van der Waals surface area contributed by atoms with Crippen molar-refractivity contribution in [2.24, 2.45) is 5.73 Å². The molecule has 8 heteroatoms. The summed E-state index contributed by atoms with van der Waals surface area (Å²) in [6.45, 7) is 1.80. The van der Waals surface area contributed by atoms with E-state index >= 15 is 0 Å². The molecule has 24 heavy (non-hydrogen) atoms. The minimum Gasteiger partial charge on any atom is -0.508 e. The largest absolute Gasteiger partial charge is 0.508 e. The highest BCUT2D eigenvalue weighted by Gasteiger charge is 2.29. The number of nitrogen functional groups attached to an aromatic ring is 1. The summed E-state index contributed by atoms with van der Waals surface area (Å²) in [6, 6.07) is 3.46. The van der Waals surface area contributed by atoms with Gasteiger partial charge in [0.05, 0.1) is 5.52 Å². The van der Waals surface area contributed by atoms with Gasteiger partial charge in [-0.2, -0.15) is 0 Å². The van der Waals surface area contributed by atoms with Crippen LogP contribution in [0.1, 0.15) is 15.9 Å². The summed E-state index contributed by atoms with van der Waals surface area (Å²) in [5, 5.41) is 10.2. The molecule has 0 atom stereocenters. The molecule has 8 nitrogen and oxygen atoms in total. The maximum atomic E-state index is 11.9. The van der Waals surface area contributed by atoms with E-state index in [1.807, 2.05) is 27.3 Å². The monoisotopic (exact) mass is 321 g/mol. The Balaban J connectivity index is 2.28. The van der Waals surface area contributed by atoms with Crippen molar-refractivity contribution < 1.29 is 14.3 Å². The minimum absolute atomic E-state index is 0.152. The average molecular weight is 321 g/mol. The average Bonchev–Trinajstić information content (AvgIpc) is 3.09. The van der Waals surface area contributed by atoms with Gasteiger partial charge < -0.3 is 16.6 Å². The molecule has 4 aromatic heterocycles. The normalized spacial score (nSPS) is 12.2. The van der Waals surface area contributed by atoms with E-state index in [0.29, 0.717) is 22.1 Å². The summed E-state index contributed by atoms with van der Waals surface area (Å²) in [7, 11) is 0. The highest BCUT2D eigenvalue weighted by Crippen LogP contribution is 2.35. The number of anilines is 1. The van der Waals surface area contributed by atoms with Crippen LogP contribution >= 0.6 is 0 Å². The number of imidazole rings is 1. The zero-order chi connectivity index (χ0) is 16.7. The number of aromatic nitrogens is 4. The highest BCUT2D eigenvalue weighted by atomic mass is 16.3. The highest BCUT2D eigenvalue weighted by molar-refractivity contribution is 6.13. The molecule has 4 heterocycles. The van der Waals surface area contributed by atoms with Crippen LogP contribution < -0.4 is 15.9 Å². The summed E-state index contributed by atoms with van der Waals surface area (Å²) in [5.74, 6) is -0.257. The van der Waals surface area contributed by atoms with Crippen molar-refractivity contribution in [2.45, 2.75) is 6.92 Å². The van der Waals surface area contributed by atoms with Gasteiger partial charge in [0.2, 0.25) is 6.33 Å². The van der Waals surface area contributed by atoms with Crippen molar-refractivity contribution >= 4 is 39.4 Å². The summed E-state index contributed by atoms with van der Waals surface area (Å²) >= 11 is 0. The summed E-state index contributed by atoms with van der Waals surface area (Å²) in [5.41, 5.74) is 16.2. The Bertz CT molecular complexity index is 1310. The third-order valence-corrected chi connectivity index (χ3v) is 4.66. The Kier molecular flexibility index (Phi) is 2.08. The minimum atomic E-state index is -0.632. The molecule has 0 aliphatic heterocycles. The quantitative estimate of drug-likeness (QED) is 0.310. The van der Waals surface area contributed by atoms with E-state index in [0.717, 1.165) is 11.2 Å². The van der Waals surface area contributed by atoms with E-state index in [9.17, 15) is 9.90 Å². The van der Waals surface area contributed by atoms with Crippen LogP contribution in [0.25, 0.3) is 27.7 Å². The number of benzene rings is 1. The third-order valence-electron chi connectivity index (χ3n) is 4.66. The van der Waals surface area contributed by atoms with Crippen LogP contribution in [0.3, 0.4) is 0 Å². The molecule has 0 radical (unpaired) electrons. The molecular weight excluding hydrogens is 308 g/mol. The molecular formula is C16H13N6O2+. The number of amides is 1. The lowest BCUT2D eigenvalue weighted by Crippen LogP contribution is -2.21. The van der Waals surface area contributed by atoms with Gasteiger partial charge in [-0.15, -0.1) is 4.98 Å². The second-order valence-corrected chi connectivity index (χ2v) is 5.88. The maximum absolute atomic E-state index is 11.9. The lowest BCUT2D eigenvalue weighted by atomic mass is 10.1. The van der Waals surface area contributed by atoms with E-state index in [1.54, 1.807) is 23.7 Å². The molecule has 0 saturated heterocycles. The fourth-order valence-electron chi connectivity index (χ4n) is 3.58. The molecule has 0 unspecified atom stereocenters. The van der Waals surface area contributed by atoms with E-state index in [1.165, 1.54) is 0 Å². The van der Waals surface area contributed by atoms with Crippen molar-refractivity contribution in [3.63, 3.8) is 0 Å². The molecule has 0 spiro atoms. The molecule has 0 aliphatic carbocycles. The number of hydrogen-bond acceptors (Lipinski definition) is 4. The molecule has 0 bridgehead atoms.